The van der Waals surface area contributed by atoms with Crippen LogP contribution in [0, 0.1) is 5.81 Å². The molecule has 1 fully saturated rings. The van der Waals surface area contributed by atoms with E-state index in [-0.39, 0.29) is 12.7 Å². The standard InChI is InChI=1S/C9H13BO5P/c10-8-9(12,2-1-3-11)7-6(15-8)4-14-16-5-13-7/h6-8,11-12H,1-4H2/q+1/t6?,7-,8?,9-/m1/s1. The second kappa shape index (κ2) is 5.15. The molecular weight excluding hydrogens is 230 g/mol. The van der Waals surface area contributed by atoms with Gasteiger partial charge in [-0.2, -0.15) is 0 Å². The first-order chi connectivity index (χ1) is 7.68. The third-order valence-corrected chi connectivity index (χ3v) is 3.36. The minimum absolute atomic E-state index is 0.00536. The molecule has 0 spiro atoms. The Morgan fingerprint density at radius 3 is 3.12 bits per heavy atom. The minimum atomic E-state index is -1.29. The van der Waals surface area contributed by atoms with Gasteiger partial charge in [-0.15, -0.1) is 0 Å². The van der Waals surface area contributed by atoms with Crippen LogP contribution in [0.15, 0.2) is 0 Å². The van der Waals surface area contributed by atoms with E-state index in [9.17, 15) is 5.11 Å². The molecule has 86 valence electrons. The summed E-state index contributed by atoms with van der Waals surface area (Å²) in [4.78, 5) is 0. The zero-order chi connectivity index (χ0) is 11.6. The summed E-state index contributed by atoms with van der Waals surface area (Å²) >= 11 is 0. The summed E-state index contributed by atoms with van der Waals surface area (Å²) in [5.74, 6) is 2.56. The second-order valence-electron chi connectivity index (χ2n) is 3.93. The molecule has 2 rings (SSSR count). The van der Waals surface area contributed by atoms with Gasteiger partial charge in [0.15, 0.2) is 0 Å². The number of rotatable bonds is 3. The molecule has 2 radical (unpaired) electrons. The predicted molar refractivity (Wildman–Crippen MR) is 57.3 cm³/mol. The quantitative estimate of drug-likeness (QED) is 0.520. The summed E-state index contributed by atoms with van der Waals surface area (Å²) in [6.45, 7) is 0.308. The molecule has 0 aliphatic carbocycles. The van der Waals surface area contributed by atoms with E-state index < -0.39 is 17.7 Å². The first-order valence-corrected chi connectivity index (χ1v) is 5.96. The van der Waals surface area contributed by atoms with Crippen molar-refractivity contribution < 1.29 is 24.2 Å². The molecule has 0 aromatic rings. The van der Waals surface area contributed by atoms with E-state index in [0.29, 0.717) is 27.7 Å². The Morgan fingerprint density at radius 2 is 2.38 bits per heavy atom. The van der Waals surface area contributed by atoms with E-state index >= 15 is 0 Å². The van der Waals surface area contributed by atoms with Crippen molar-refractivity contribution in [2.24, 2.45) is 0 Å². The molecule has 0 aromatic carbocycles. The Morgan fingerprint density at radius 1 is 1.56 bits per heavy atom. The Balaban J connectivity index is 2.13. The van der Waals surface area contributed by atoms with Crippen LogP contribution in [0.3, 0.4) is 0 Å². The normalized spacial score (nSPS) is 42.5. The third kappa shape index (κ3) is 2.20. The van der Waals surface area contributed by atoms with Gasteiger partial charge in [0.2, 0.25) is 0 Å². The molecule has 2 heterocycles. The number of fused-ring (bicyclic) bond motifs is 1. The maximum atomic E-state index is 10.4. The van der Waals surface area contributed by atoms with Gasteiger partial charge in [0, 0.05) is 0 Å². The van der Waals surface area contributed by atoms with Crippen LogP contribution >= 0.6 is 8.26 Å². The van der Waals surface area contributed by atoms with Crippen LogP contribution in [0.2, 0.25) is 0 Å². The van der Waals surface area contributed by atoms with Crippen molar-refractivity contribution in [3.8, 4) is 5.81 Å². The van der Waals surface area contributed by atoms with Crippen LogP contribution in [-0.4, -0.2) is 55.1 Å². The molecule has 7 heteroatoms. The summed E-state index contributed by atoms with van der Waals surface area (Å²) in [5, 5.41) is 19.2. The average molecular weight is 243 g/mol. The maximum absolute atomic E-state index is 10.4. The van der Waals surface area contributed by atoms with Crippen molar-refractivity contribution in [1.82, 2.24) is 0 Å². The zero-order valence-electron chi connectivity index (χ0n) is 8.70. The summed E-state index contributed by atoms with van der Waals surface area (Å²) in [6, 6.07) is -0.825. The summed E-state index contributed by atoms with van der Waals surface area (Å²) in [7, 11) is 6.23. The van der Waals surface area contributed by atoms with Crippen LogP contribution in [0.25, 0.3) is 0 Å². The van der Waals surface area contributed by atoms with Gasteiger partial charge in [-0.05, 0) is 0 Å². The molecule has 0 saturated carbocycles. The van der Waals surface area contributed by atoms with E-state index in [4.69, 9.17) is 27.0 Å². The van der Waals surface area contributed by atoms with E-state index in [1.807, 2.05) is 0 Å². The van der Waals surface area contributed by atoms with Crippen LogP contribution in [0.4, 0.5) is 0 Å². The van der Waals surface area contributed by atoms with E-state index in [2.05, 4.69) is 5.81 Å². The fourth-order valence-corrected chi connectivity index (χ4v) is 2.46. The van der Waals surface area contributed by atoms with Crippen molar-refractivity contribution in [2.75, 3.05) is 13.2 Å². The molecule has 0 bridgehead atoms. The van der Waals surface area contributed by atoms with Gasteiger partial charge < -0.3 is 0 Å². The Kier molecular flexibility index (Phi) is 4.03. The fourth-order valence-electron chi connectivity index (χ4n) is 2.03. The molecular formula is C9H13BO5P+. The second-order valence-corrected chi connectivity index (χ2v) is 4.55. The molecule has 1 saturated heterocycles. The van der Waals surface area contributed by atoms with Crippen molar-refractivity contribution in [3.63, 3.8) is 0 Å². The molecule has 2 unspecified atom stereocenters. The van der Waals surface area contributed by atoms with Gasteiger partial charge in [-0.25, -0.2) is 0 Å². The average Bonchev–Trinajstić information content (AvgIpc) is 2.48. The number of hydrogen-bond donors (Lipinski definition) is 2. The van der Waals surface area contributed by atoms with Crippen molar-refractivity contribution >= 4 is 16.1 Å². The van der Waals surface area contributed by atoms with Gasteiger partial charge in [0.05, 0.1) is 0 Å². The molecule has 5 nitrogen and oxygen atoms in total. The SMILES string of the molecule is [B]C1OC2CO[P+]#CO[C@H]2[C@]1(O)CCCO. The molecule has 2 N–H and O–H groups in total. The Hall–Kier alpha value is 0.0749. The van der Waals surface area contributed by atoms with Crippen LogP contribution in [-0.2, 0) is 14.0 Å². The first kappa shape index (κ1) is 12.5. The van der Waals surface area contributed by atoms with Crippen LogP contribution in [0.1, 0.15) is 12.8 Å². The Bertz CT molecular complexity index is 317. The van der Waals surface area contributed by atoms with Crippen molar-refractivity contribution in [2.45, 2.75) is 36.7 Å². The van der Waals surface area contributed by atoms with E-state index in [0.717, 1.165) is 0 Å². The predicted octanol–water partition coefficient (Wildman–Crippen LogP) is -0.423. The molecule has 2 aliphatic rings. The number of hydrogen-bond acceptors (Lipinski definition) is 5. The van der Waals surface area contributed by atoms with Crippen LogP contribution in [0.5, 0.6) is 0 Å². The van der Waals surface area contributed by atoms with Crippen molar-refractivity contribution in [1.29, 1.82) is 0 Å². The van der Waals surface area contributed by atoms with Crippen molar-refractivity contribution in [3.05, 3.63) is 0 Å². The van der Waals surface area contributed by atoms with Gasteiger partial charge in [-0.1, -0.05) is 0 Å². The monoisotopic (exact) mass is 243 g/mol. The van der Waals surface area contributed by atoms with Gasteiger partial charge in [-0.3, -0.25) is 0 Å². The van der Waals surface area contributed by atoms with Gasteiger partial charge in [0.25, 0.3) is 0 Å². The number of aliphatic hydroxyl groups excluding tert-OH is 1. The molecule has 0 amide bonds. The fraction of sp³-hybridized carbons (Fsp3) is 0.889. The first-order valence-electron chi connectivity index (χ1n) is 5.15. The number of aliphatic hydroxyl groups is 2. The Labute approximate surface area is 96.6 Å². The topological polar surface area (TPSA) is 68.2 Å². The van der Waals surface area contributed by atoms with E-state index in [1.54, 1.807) is 0 Å². The van der Waals surface area contributed by atoms with Gasteiger partial charge >= 0.3 is 96.0 Å². The third-order valence-electron chi connectivity index (χ3n) is 2.90. The zero-order valence-corrected chi connectivity index (χ0v) is 9.60. The number of ether oxygens (including phenoxy) is 2. The molecule has 0 aromatic heterocycles. The summed E-state index contributed by atoms with van der Waals surface area (Å²) in [5.41, 5.74) is -1.29. The van der Waals surface area contributed by atoms with E-state index in [1.165, 1.54) is 0 Å². The summed E-state index contributed by atoms with van der Waals surface area (Å²) < 4.78 is 15.8. The summed E-state index contributed by atoms with van der Waals surface area (Å²) in [6.07, 6.45) is -0.200. The molecule has 16 heavy (non-hydrogen) atoms. The van der Waals surface area contributed by atoms with Gasteiger partial charge in [0.1, 0.15) is 0 Å². The van der Waals surface area contributed by atoms with Crippen LogP contribution < -0.4 is 0 Å². The molecule has 4 atom stereocenters. The molecule has 2 aliphatic heterocycles.